The molecule has 0 saturated carbocycles. The highest BCUT2D eigenvalue weighted by Gasteiger charge is 2.27. The Morgan fingerprint density at radius 2 is 2.05 bits per heavy atom. The molecule has 4 rings (SSSR count). The van der Waals surface area contributed by atoms with Crippen molar-refractivity contribution in [2.75, 3.05) is 5.32 Å². The molecule has 1 aromatic heterocycles. The van der Waals surface area contributed by atoms with Crippen LogP contribution in [0.4, 0.5) is 10.3 Å². The van der Waals surface area contributed by atoms with Crippen LogP contribution in [0.3, 0.4) is 0 Å². The second-order valence-corrected chi connectivity index (χ2v) is 5.41. The Kier molecular flexibility index (Phi) is 2.80. The average Bonchev–Trinajstić information content (AvgIpc) is 2.87. The van der Waals surface area contributed by atoms with Gasteiger partial charge in [-0.3, -0.25) is 9.88 Å². The summed E-state index contributed by atoms with van der Waals surface area (Å²) < 4.78 is 16.1. The summed E-state index contributed by atoms with van der Waals surface area (Å²) in [5.74, 6) is 0.321. The van der Waals surface area contributed by atoms with Crippen molar-refractivity contribution < 1.29 is 4.39 Å². The van der Waals surface area contributed by atoms with Crippen molar-refractivity contribution in [1.29, 1.82) is 0 Å². The minimum atomic E-state index is -0.651. The standard InChI is InChI=1S/C15H11ClFN5/c16-8-5-6-10(17)9(7-8)13-20-14(18)21-15-19-11-3-1-2-4-12(11)22(13)15/h1-7,13H,(H3,18,19,20,21)/t13-/m0/s1. The van der Waals surface area contributed by atoms with Gasteiger partial charge in [0.15, 0.2) is 12.1 Å². The van der Waals surface area contributed by atoms with Gasteiger partial charge in [0, 0.05) is 10.6 Å². The van der Waals surface area contributed by atoms with Gasteiger partial charge in [0.25, 0.3) is 0 Å². The van der Waals surface area contributed by atoms with Crippen molar-refractivity contribution in [2.45, 2.75) is 6.17 Å². The molecule has 1 aliphatic rings. The van der Waals surface area contributed by atoms with Crippen LogP contribution in [-0.4, -0.2) is 15.5 Å². The van der Waals surface area contributed by atoms with E-state index in [0.29, 0.717) is 16.5 Å². The van der Waals surface area contributed by atoms with E-state index in [1.165, 1.54) is 12.1 Å². The summed E-state index contributed by atoms with van der Waals surface area (Å²) in [7, 11) is 0. The second-order valence-electron chi connectivity index (χ2n) is 4.97. The number of benzene rings is 2. The monoisotopic (exact) mass is 315 g/mol. The average molecular weight is 316 g/mol. The quantitative estimate of drug-likeness (QED) is 0.725. The van der Waals surface area contributed by atoms with Crippen LogP contribution in [0.15, 0.2) is 47.5 Å². The Morgan fingerprint density at radius 1 is 1.23 bits per heavy atom. The van der Waals surface area contributed by atoms with Gasteiger partial charge in [-0.05, 0) is 30.3 Å². The third-order valence-corrected chi connectivity index (χ3v) is 3.81. The minimum absolute atomic E-state index is 0.187. The Labute approximate surface area is 130 Å². The summed E-state index contributed by atoms with van der Waals surface area (Å²) in [4.78, 5) is 8.79. The SMILES string of the molecule is NC1=N[C@H](c2cc(Cl)ccc2F)n2c(nc3ccccc32)N1. The number of para-hydroxylation sites is 2. The van der Waals surface area contributed by atoms with Crippen LogP contribution in [0.25, 0.3) is 11.0 Å². The van der Waals surface area contributed by atoms with E-state index in [4.69, 9.17) is 17.3 Å². The zero-order valence-electron chi connectivity index (χ0n) is 11.3. The van der Waals surface area contributed by atoms with Gasteiger partial charge >= 0.3 is 0 Å². The first-order valence-electron chi connectivity index (χ1n) is 6.66. The van der Waals surface area contributed by atoms with Crippen molar-refractivity contribution in [3.63, 3.8) is 0 Å². The zero-order valence-corrected chi connectivity index (χ0v) is 12.0. The Bertz CT molecular complexity index is 917. The molecule has 0 saturated heterocycles. The molecule has 2 aromatic carbocycles. The van der Waals surface area contributed by atoms with Gasteiger partial charge < -0.3 is 5.73 Å². The highest BCUT2D eigenvalue weighted by molar-refractivity contribution is 6.30. The first kappa shape index (κ1) is 13.1. The Hall–Kier alpha value is -2.60. The Balaban J connectivity index is 2.00. The maximum absolute atomic E-state index is 14.3. The fraction of sp³-hybridized carbons (Fsp3) is 0.0667. The summed E-state index contributed by atoms with van der Waals surface area (Å²) in [6.45, 7) is 0. The van der Waals surface area contributed by atoms with Gasteiger partial charge in [-0.2, -0.15) is 0 Å². The first-order valence-corrected chi connectivity index (χ1v) is 7.03. The van der Waals surface area contributed by atoms with Crippen molar-refractivity contribution >= 4 is 34.5 Å². The molecule has 0 fully saturated rings. The fourth-order valence-corrected chi connectivity index (χ4v) is 2.82. The van der Waals surface area contributed by atoms with E-state index >= 15 is 0 Å². The molecule has 22 heavy (non-hydrogen) atoms. The van der Waals surface area contributed by atoms with E-state index in [1.54, 1.807) is 10.6 Å². The lowest BCUT2D eigenvalue weighted by Crippen LogP contribution is -2.31. The molecule has 0 spiro atoms. The van der Waals surface area contributed by atoms with Crippen molar-refractivity contribution in [3.05, 3.63) is 58.9 Å². The van der Waals surface area contributed by atoms with Crippen molar-refractivity contribution in [1.82, 2.24) is 9.55 Å². The van der Waals surface area contributed by atoms with Crippen LogP contribution < -0.4 is 11.1 Å². The molecule has 110 valence electrons. The summed E-state index contributed by atoms with van der Waals surface area (Å²) in [5, 5.41) is 3.35. The number of rotatable bonds is 1. The summed E-state index contributed by atoms with van der Waals surface area (Å²) >= 11 is 6.00. The molecule has 0 amide bonds. The number of hydrogen-bond donors (Lipinski definition) is 2. The molecule has 0 radical (unpaired) electrons. The number of nitrogens with two attached hydrogens (primary N) is 1. The van der Waals surface area contributed by atoms with E-state index in [-0.39, 0.29) is 5.96 Å². The molecule has 1 aliphatic heterocycles. The lowest BCUT2D eigenvalue weighted by Gasteiger charge is -2.24. The number of aliphatic imine (C=N–C) groups is 1. The third-order valence-electron chi connectivity index (χ3n) is 3.58. The van der Waals surface area contributed by atoms with E-state index in [2.05, 4.69) is 15.3 Å². The van der Waals surface area contributed by atoms with Crippen LogP contribution in [0.5, 0.6) is 0 Å². The van der Waals surface area contributed by atoms with Crippen molar-refractivity contribution in [2.24, 2.45) is 10.7 Å². The minimum Gasteiger partial charge on any atom is -0.370 e. The summed E-state index contributed by atoms with van der Waals surface area (Å²) in [6.07, 6.45) is -0.651. The van der Waals surface area contributed by atoms with Crippen LogP contribution in [0.1, 0.15) is 11.7 Å². The maximum atomic E-state index is 14.3. The number of anilines is 1. The van der Waals surface area contributed by atoms with E-state index < -0.39 is 12.0 Å². The van der Waals surface area contributed by atoms with Crippen LogP contribution >= 0.6 is 11.6 Å². The van der Waals surface area contributed by atoms with Gasteiger partial charge in [-0.25, -0.2) is 14.4 Å². The van der Waals surface area contributed by atoms with Crippen LogP contribution in [-0.2, 0) is 0 Å². The van der Waals surface area contributed by atoms with Gasteiger partial charge in [0.2, 0.25) is 5.95 Å². The third kappa shape index (κ3) is 1.92. The lowest BCUT2D eigenvalue weighted by atomic mass is 10.1. The number of guanidine groups is 1. The highest BCUT2D eigenvalue weighted by atomic mass is 35.5. The largest absolute Gasteiger partial charge is 0.370 e. The number of imidazole rings is 1. The molecule has 0 bridgehead atoms. The van der Waals surface area contributed by atoms with E-state index in [9.17, 15) is 4.39 Å². The smallest absolute Gasteiger partial charge is 0.212 e. The molecule has 7 heteroatoms. The highest BCUT2D eigenvalue weighted by Crippen LogP contribution is 2.34. The van der Waals surface area contributed by atoms with Crippen molar-refractivity contribution in [3.8, 4) is 0 Å². The molecule has 5 nitrogen and oxygen atoms in total. The number of aromatic nitrogens is 2. The topological polar surface area (TPSA) is 68.2 Å². The molecular weight excluding hydrogens is 305 g/mol. The first-order chi connectivity index (χ1) is 10.6. The predicted octanol–water partition coefficient (Wildman–Crippen LogP) is 3.12. The number of fused-ring (bicyclic) bond motifs is 3. The zero-order chi connectivity index (χ0) is 15.3. The molecule has 2 heterocycles. The molecule has 0 unspecified atom stereocenters. The molecule has 0 aliphatic carbocycles. The van der Waals surface area contributed by atoms with Gasteiger partial charge in [0.05, 0.1) is 11.0 Å². The van der Waals surface area contributed by atoms with Gasteiger partial charge in [-0.15, -0.1) is 0 Å². The van der Waals surface area contributed by atoms with Crippen LogP contribution in [0.2, 0.25) is 5.02 Å². The summed E-state index contributed by atoms with van der Waals surface area (Å²) in [6, 6.07) is 11.9. The van der Waals surface area contributed by atoms with Gasteiger partial charge in [0.1, 0.15) is 5.82 Å². The maximum Gasteiger partial charge on any atom is 0.212 e. The van der Waals surface area contributed by atoms with Gasteiger partial charge in [-0.1, -0.05) is 23.7 Å². The van der Waals surface area contributed by atoms with E-state index in [1.807, 2.05) is 24.3 Å². The fourth-order valence-electron chi connectivity index (χ4n) is 2.64. The Morgan fingerprint density at radius 3 is 2.91 bits per heavy atom. The van der Waals surface area contributed by atoms with Crippen LogP contribution in [0, 0.1) is 5.82 Å². The normalized spacial score (nSPS) is 17.0. The number of halogens is 2. The number of hydrogen-bond acceptors (Lipinski definition) is 4. The summed E-state index contributed by atoms with van der Waals surface area (Å²) in [5.41, 5.74) is 7.78. The van der Waals surface area contributed by atoms with E-state index in [0.717, 1.165) is 11.0 Å². The second kappa shape index (κ2) is 4.71. The molecule has 3 aromatic rings. The lowest BCUT2D eigenvalue weighted by molar-refractivity contribution is 0.551. The molecule has 3 N–H and O–H groups in total. The number of nitrogens with one attached hydrogen (secondary N) is 1. The number of nitrogens with zero attached hydrogens (tertiary/aromatic N) is 3. The predicted molar refractivity (Wildman–Crippen MR) is 84.5 cm³/mol. The molecular formula is C15H11ClFN5. The molecule has 1 atom stereocenters.